The zero-order valence-electron chi connectivity index (χ0n) is 17.8. The molecule has 1 aromatic heterocycles. The molecule has 3 aromatic rings. The van der Waals surface area contributed by atoms with Crippen molar-refractivity contribution in [2.75, 3.05) is 16.6 Å². The molecule has 0 unspecified atom stereocenters. The minimum absolute atomic E-state index is 0.0124. The summed E-state index contributed by atoms with van der Waals surface area (Å²) in [5, 5.41) is 2.68. The van der Waals surface area contributed by atoms with E-state index >= 15 is 0 Å². The van der Waals surface area contributed by atoms with Crippen molar-refractivity contribution in [1.29, 1.82) is 0 Å². The molecule has 3 rings (SSSR count). The number of carbonyl (C=O) groups excluding carboxylic acids is 1. The summed E-state index contributed by atoms with van der Waals surface area (Å²) in [5.41, 5.74) is 3.99. The highest BCUT2D eigenvalue weighted by atomic mass is 32.2. The van der Waals surface area contributed by atoms with Crippen molar-refractivity contribution in [3.63, 3.8) is 0 Å². The first-order valence-corrected chi connectivity index (χ1v) is 11.1. The van der Waals surface area contributed by atoms with Crippen molar-refractivity contribution in [2.24, 2.45) is 0 Å². The third kappa shape index (κ3) is 6.02. The molecule has 0 aliphatic carbocycles. The second-order valence-electron chi connectivity index (χ2n) is 7.19. The number of anilines is 2. The van der Waals surface area contributed by atoms with Gasteiger partial charge in [-0.15, -0.1) is 0 Å². The van der Waals surface area contributed by atoms with Gasteiger partial charge in [0.05, 0.1) is 4.90 Å². The van der Waals surface area contributed by atoms with E-state index in [1.54, 1.807) is 19.9 Å². The predicted molar refractivity (Wildman–Crippen MR) is 119 cm³/mol. The number of benzene rings is 2. The minimum atomic E-state index is -3.86. The molecule has 8 nitrogen and oxygen atoms in total. The predicted octanol–water partition coefficient (Wildman–Crippen LogP) is 3.53. The van der Waals surface area contributed by atoms with Crippen LogP contribution in [0.4, 0.5) is 11.6 Å². The van der Waals surface area contributed by atoms with Gasteiger partial charge in [0.25, 0.3) is 15.9 Å². The Labute approximate surface area is 181 Å². The third-order valence-corrected chi connectivity index (χ3v) is 5.85. The van der Waals surface area contributed by atoms with Crippen LogP contribution in [0.3, 0.4) is 0 Å². The molecule has 0 bridgehead atoms. The number of hydrogen-bond donors (Lipinski definition) is 2. The molecule has 162 valence electrons. The number of amides is 1. The Balaban J connectivity index is 1.61. The van der Waals surface area contributed by atoms with Crippen molar-refractivity contribution in [3.05, 3.63) is 71.0 Å². The highest BCUT2D eigenvalue weighted by Gasteiger charge is 2.16. The van der Waals surface area contributed by atoms with Crippen molar-refractivity contribution >= 4 is 27.6 Å². The lowest BCUT2D eigenvalue weighted by molar-refractivity contribution is -0.118. The minimum Gasteiger partial charge on any atom is -0.484 e. The average Bonchev–Trinajstić information content (AvgIpc) is 2.68. The zero-order valence-corrected chi connectivity index (χ0v) is 18.6. The first kappa shape index (κ1) is 22.2. The highest BCUT2D eigenvalue weighted by Crippen LogP contribution is 2.18. The summed E-state index contributed by atoms with van der Waals surface area (Å²) in [4.78, 5) is 20.3. The number of sulfonamides is 1. The summed E-state index contributed by atoms with van der Waals surface area (Å²) in [6.45, 7) is 7.33. The molecule has 9 heteroatoms. The van der Waals surface area contributed by atoms with Crippen molar-refractivity contribution in [2.45, 2.75) is 32.6 Å². The van der Waals surface area contributed by atoms with E-state index in [1.165, 1.54) is 24.3 Å². The van der Waals surface area contributed by atoms with Crippen LogP contribution in [0, 0.1) is 27.7 Å². The molecule has 31 heavy (non-hydrogen) atoms. The Hall–Kier alpha value is -3.46. The van der Waals surface area contributed by atoms with Gasteiger partial charge < -0.3 is 10.1 Å². The molecule has 0 spiro atoms. The first-order chi connectivity index (χ1) is 14.6. The SMILES string of the molecule is Cc1cc(C)nc(NS(=O)(=O)c2ccc(NC(=O)COc3ccc(C)c(C)c3)cc2)n1. The van der Waals surface area contributed by atoms with Gasteiger partial charge in [-0.2, -0.15) is 0 Å². The van der Waals surface area contributed by atoms with Crippen LogP contribution in [-0.4, -0.2) is 30.9 Å². The Bertz CT molecular complexity index is 1190. The van der Waals surface area contributed by atoms with Gasteiger partial charge in [0, 0.05) is 17.1 Å². The van der Waals surface area contributed by atoms with Gasteiger partial charge in [0.2, 0.25) is 5.95 Å². The fourth-order valence-corrected chi connectivity index (χ4v) is 3.76. The number of ether oxygens (including phenoxy) is 1. The van der Waals surface area contributed by atoms with E-state index in [1.807, 2.05) is 32.0 Å². The van der Waals surface area contributed by atoms with Gasteiger partial charge in [0.15, 0.2) is 6.61 Å². The molecule has 0 saturated carbocycles. The van der Waals surface area contributed by atoms with Gasteiger partial charge in [-0.25, -0.2) is 23.1 Å². The molecular weight excluding hydrogens is 416 g/mol. The summed E-state index contributed by atoms with van der Waals surface area (Å²) in [7, 11) is -3.86. The van der Waals surface area contributed by atoms with Crippen molar-refractivity contribution in [1.82, 2.24) is 9.97 Å². The van der Waals surface area contributed by atoms with Crippen LogP contribution in [0.25, 0.3) is 0 Å². The van der Waals surface area contributed by atoms with E-state index in [-0.39, 0.29) is 23.4 Å². The fourth-order valence-electron chi connectivity index (χ4n) is 2.82. The van der Waals surface area contributed by atoms with Crippen LogP contribution in [0.2, 0.25) is 0 Å². The molecule has 2 N–H and O–H groups in total. The van der Waals surface area contributed by atoms with Crippen LogP contribution in [0.15, 0.2) is 53.4 Å². The molecule has 0 fully saturated rings. The number of rotatable bonds is 7. The summed E-state index contributed by atoms with van der Waals surface area (Å²) in [5.74, 6) is 0.272. The average molecular weight is 441 g/mol. The van der Waals surface area contributed by atoms with E-state index in [9.17, 15) is 13.2 Å². The lowest BCUT2D eigenvalue weighted by atomic mass is 10.1. The van der Waals surface area contributed by atoms with Gasteiger partial charge in [0.1, 0.15) is 5.75 Å². The molecule has 0 saturated heterocycles. The molecule has 0 aliphatic rings. The Kier molecular flexibility index (Phi) is 6.55. The second-order valence-corrected chi connectivity index (χ2v) is 8.87. The Morgan fingerprint density at radius 1 is 0.903 bits per heavy atom. The molecule has 0 atom stereocenters. The monoisotopic (exact) mass is 440 g/mol. The van der Waals surface area contributed by atoms with E-state index in [4.69, 9.17) is 4.74 Å². The van der Waals surface area contributed by atoms with E-state index in [0.29, 0.717) is 22.8 Å². The maximum atomic E-state index is 12.6. The summed E-state index contributed by atoms with van der Waals surface area (Å²) in [6, 6.07) is 13.2. The maximum absolute atomic E-state index is 12.6. The molecule has 1 amide bonds. The largest absolute Gasteiger partial charge is 0.484 e. The number of carbonyl (C=O) groups is 1. The maximum Gasteiger partial charge on any atom is 0.264 e. The standard InChI is InChI=1S/C22H24N4O4S/c1-14-5-8-19(11-15(14)2)30-13-21(27)25-18-6-9-20(10-7-18)31(28,29)26-22-23-16(3)12-17(4)24-22/h5-12H,13H2,1-4H3,(H,25,27)(H,23,24,26). The Morgan fingerprint density at radius 3 is 2.16 bits per heavy atom. The first-order valence-electron chi connectivity index (χ1n) is 9.57. The topological polar surface area (TPSA) is 110 Å². The normalized spacial score (nSPS) is 11.1. The lowest BCUT2D eigenvalue weighted by Gasteiger charge is -2.10. The van der Waals surface area contributed by atoms with E-state index < -0.39 is 10.0 Å². The zero-order chi connectivity index (χ0) is 22.6. The summed E-state index contributed by atoms with van der Waals surface area (Å²) < 4.78 is 33.0. The lowest BCUT2D eigenvalue weighted by Crippen LogP contribution is -2.20. The van der Waals surface area contributed by atoms with Crippen LogP contribution >= 0.6 is 0 Å². The number of aryl methyl sites for hydroxylation is 4. The van der Waals surface area contributed by atoms with Crippen LogP contribution < -0.4 is 14.8 Å². The number of nitrogens with zero attached hydrogens (tertiary/aromatic N) is 2. The van der Waals surface area contributed by atoms with Crippen LogP contribution in [-0.2, 0) is 14.8 Å². The molecule has 2 aromatic carbocycles. The van der Waals surface area contributed by atoms with Gasteiger partial charge in [-0.05, 0) is 81.3 Å². The van der Waals surface area contributed by atoms with Crippen molar-refractivity contribution in [3.8, 4) is 5.75 Å². The summed E-state index contributed by atoms with van der Waals surface area (Å²) >= 11 is 0. The second kappa shape index (κ2) is 9.13. The van der Waals surface area contributed by atoms with E-state index in [0.717, 1.165) is 11.1 Å². The quantitative estimate of drug-likeness (QED) is 0.582. The van der Waals surface area contributed by atoms with Gasteiger partial charge in [-0.1, -0.05) is 6.07 Å². The smallest absolute Gasteiger partial charge is 0.264 e. The Morgan fingerprint density at radius 2 is 1.55 bits per heavy atom. The van der Waals surface area contributed by atoms with Gasteiger partial charge in [-0.3, -0.25) is 4.79 Å². The fraction of sp³-hybridized carbons (Fsp3) is 0.227. The van der Waals surface area contributed by atoms with Crippen LogP contribution in [0.5, 0.6) is 5.75 Å². The van der Waals surface area contributed by atoms with Gasteiger partial charge >= 0.3 is 0 Å². The third-order valence-electron chi connectivity index (χ3n) is 4.50. The van der Waals surface area contributed by atoms with Crippen LogP contribution in [0.1, 0.15) is 22.5 Å². The number of hydrogen-bond acceptors (Lipinski definition) is 6. The molecule has 1 heterocycles. The molecular formula is C22H24N4O4S. The molecule has 0 radical (unpaired) electrons. The number of nitrogens with one attached hydrogen (secondary N) is 2. The van der Waals surface area contributed by atoms with E-state index in [2.05, 4.69) is 20.0 Å². The van der Waals surface area contributed by atoms with Crippen molar-refractivity contribution < 1.29 is 17.9 Å². The highest BCUT2D eigenvalue weighted by molar-refractivity contribution is 7.92. The summed E-state index contributed by atoms with van der Waals surface area (Å²) in [6.07, 6.45) is 0. The molecule has 0 aliphatic heterocycles. The number of aromatic nitrogens is 2.